The average Bonchev–Trinajstić information content (AvgIpc) is 2.59. The van der Waals surface area contributed by atoms with Crippen molar-refractivity contribution in [2.75, 3.05) is 20.3 Å². The largest absolute Gasteiger partial charge is 0.493 e. The Labute approximate surface area is 142 Å². The molecular weight excluding hydrogens is 306 g/mol. The van der Waals surface area contributed by atoms with Crippen molar-refractivity contribution in [1.29, 1.82) is 0 Å². The number of hydrogen-bond donors (Lipinski definition) is 1. The minimum absolute atomic E-state index is 0.0742. The summed E-state index contributed by atoms with van der Waals surface area (Å²) in [4.78, 5) is 11.9. The molecule has 1 N–H and O–H groups in total. The molecule has 2 aromatic carbocycles. The average molecular weight is 329 g/mol. The fourth-order valence-corrected chi connectivity index (χ4v) is 2.10. The highest BCUT2D eigenvalue weighted by Gasteiger charge is 2.10. The van der Waals surface area contributed by atoms with Gasteiger partial charge in [-0.05, 0) is 38.1 Å². The first kappa shape index (κ1) is 17.7. The predicted octanol–water partition coefficient (Wildman–Crippen LogP) is 2.97. The quantitative estimate of drug-likeness (QED) is 0.809. The minimum atomic E-state index is -0.207. The van der Waals surface area contributed by atoms with E-state index in [1.165, 1.54) is 5.56 Å². The zero-order chi connectivity index (χ0) is 17.4. The van der Waals surface area contributed by atoms with Crippen LogP contribution in [0.3, 0.4) is 0 Å². The van der Waals surface area contributed by atoms with Crippen LogP contribution in [0.1, 0.15) is 12.5 Å². The van der Waals surface area contributed by atoms with Crippen molar-refractivity contribution in [1.82, 2.24) is 5.32 Å². The molecule has 0 saturated heterocycles. The maximum absolute atomic E-state index is 11.9. The van der Waals surface area contributed by atoms with Crippen LogP contribution in [0.4, 0.5) is 0 Å². The van der Waals surface area contributed by atoms with Crippen molar-refractivity contribution in [2.24, 2.45) is 0 Å². The lowest BCUT2D eigenvalue weighted by molar-refractivity contribution is -0.123. The van der Waals surface area contributed by atoms with Crippen LogP contribution < -0.4 is 19.5 Å². The summed E-state index contributed by atoms with van der Waals surface area (Å²) in [6.07, 6.45) is 0. The zero-order valence-electron chi connectivity index (χ0n) is 14.2. The molecule has 0 radical (unpaired) electrons. The smallest absolute Gasteiger partial charge is 0.258 e. The summed E-state index contributed by atoms with van der Waals surface area (Å²) in [6.45, 7) is 4.22. The standard InChI is InChI=1S/C19H23NO4/c1-14-8-10-16(11-9-14)23-12-15(2)20-19(21)13-24-18-7-5-4-6-17(18)22-3/h4-11,15H,12-13H2,1-3H3,(H,20,21). The third kappa shape index (κ3) is 5.50. The lowest BCUT2D eigenvalue weighted by Gasteiger charge is -2.16. The summed E-state index contributed by atoms with van der Waals surface area (Å²) >= 11 is 0. The molecular formula is C19H23NO4. The highest BCUT2D eigenvalue weighted by atomic mass is 16.5. The van der Waals surface area contributed by atoms with Crippen molar-refractivity contribution in [3.05, 3.63) is 54.1 Å². The van der Waals surface area contributed by atoms with Gasteiger partial charge >= 0.3 is 0 Å². The van der Waals surface area contributed by atoms with Crippen LogP contribution in [0.5, 0.6) is 17.2 Å². The summed E-state index contributed by atoms with van der Waals surface area (Å²) in [5.41, 5.74) is 1.18. The second kappa shape index (κ2) is 8.82. The Kier molecular flexibility index (Phi) is 6.49. The van der Waals surface area contributed by atoms with E-state index in [4.69, 9.17) is 14.2 Å². The summed E-state index contributed by atoms with van der Waals surface area (Å²) in [6, 6.07) is 14.9. The van der Waals surface area contributed by atoms with E-state index in [1.807, 2.05) is 50.2 Å². The Balaban J connectivity index is 1.74. The number of benzene rings is 2. The fraction of sp³-hybridized carbons (Fsp3) is 0.316. The Morgan fingerprint density at radius 1 is 1.04 bits per heavy atom. The van der Waals surface area contributed by atoms with Crippen LogP contribution in [-0.4, -0.2) is 32.3 Å². The van der Waals surface area contributed by atoms with E-state index in [0.29, 0.717) is 18.1 Å². The molecule has 2 rings (SSSR count). The van der Waals surface area contributed by atoms with Gasteiger partial charge in [0, 0.05) is 0 Å². The van der Waals surface area contributed by atoms with Crippen molar-refractivity contribution in [2.45, 2.75) is 19.9 Å². The van der Waals surface area contributed by atoms with Gasteiger partial charge < -0.3 is 19.5 Å². The van der Waals surface area contributed by atoms with E-state index in [9.17, 15) is 4.79 Å². The van der Waals surface area contributed by atoms with Gasteiger partial charge in [-0.15, -0.1) is 0 Å². The summed E-state index contributed by atoms with van der Waals surface area (Å²) in [7, 11) is 1.56. The lowest BCUT2D eigenvalue weighted by atomic mass is 10.2. The third-order valence-electron chi connectivity index (χ3n) is 3.36. The van der Waals surface area contributed by atoms with E-state index in [-0.39, 0.29) is 18.6 Å². The Bertz CT molecular complexity index is 655. The number of ether oxygens (including phenoxy) is 3. The first-order valence-electron chi connectivity index (χ1n) is 7.83. The van der Waals surface area contributed by atoms with E-state index in [2.05, 4.69) is 5.32 Å². The van der Waals surface area contributed by atoms with Gasteiger partial charge in [-0.3, -0.25) is 4.79 Å². The topological polar surface area (TPSA) is 56.8 Å². The summed E-state index contributed by atoms with van der Waals surface area (Å²) < 4.78 is 16.3. The van der Waals surface area contributed by atoms with Gasteiger partial charge in [-0.25, -0.2) is 0 Å². The highest BCUT2D eigenvalue weighted by Crippen LogP contribution is 2.25. The molecule has 0 aliphatic heterocycles. The number of carbonyl (C=O) groups excluding carboxylic acids is 1. The Hall–Kier alpha value is -2.69. The molecule has 0 bridgehead atoms. The number of aryl methyl sites for hydroxylation is 1. The molecule has 0 aliphatic carbocycles. The molecule has 0 spiro atoms. The van der Waals surface area contributed by atoms with Crippen LogP contribution in [0, 0.1) is 6.92 Å². The number of para-hydroxylation sites is 2. The van der Waals surface area contributed by atoms with Crippen LogP contribution in [0.15, 0.2) is 48.5 Å². The molecule has 5 heteroatoms. The SMILES string of the molecule is COc1ccccc1OCC(=O)NC(C)COc1ccc(C)cc1. The van der Waals surface area contributed by atoms with Crippen molar-refractivity contribution in [3.63, 3.8) is 0 Å². The molecule has 1 unspecified atom stereocenters. The first-order valence-corrected chi connectivity index (χ1v) is 7.83. The molecule has 0 saturated carbocycles. The van der Waals surface area contributed by atoms with Crippen LogP contribution in [0.25, 0.3) is 0 Å². The van der Waals surface area contributed by atoms with Gasteiger partial charge in [0.05, 0.1) is 13.2 Å². The minimum Gasteiger partial charge on any atom is -0.493 e. The third-order valence-corrected chi connectivity index (χ3v) is 3.36. The predicted molar refractivity (Wildman–Crippen MR) is 92.8 cm³/mol. The van der Waals surface area contributed by atoms with Gasteiger partial charge in [0.2, 0.25) is 0 Å². The van der Waals surface area contributed by atoms with Gasteiger partial charge in [-0.2, -0.15) is 0 Å². The monoisotopic (exact) mass is 329 g/mol. The lowest BCUT2D eigenvalue weighted by Crippen LogP contribution is -2.39. The zero-order valence-corrected chi connectivity index (χ0v) is 14.2. The van der Waals surface area contributed by atoms with Crippen molar-refractivity contribution < 1.29 is 19.0 Å². The summed E-state index contributed by atoms with van der Waals surface area (Å²) in [5, 5.41) is 2.84. The molecule has 0 heterocycles. The molecule has 1 amide bonds. The number of nitrogens with one attached hydrogen (secondary N) is 1. The Morgan fingerprint density at radius 2 is 1.71 bits per heavy atom. The maximum atomic E-state index is 11.9. The molecule has 2 aromatic rings. The van der Waals surface area contributed by atoms with Crippen LogP contribution in [0.2, 0.25) is 0 Å². The normalized spacial score (nSPS) is 11.5. The van der Waals surface area contributed by atoms with Gasteiger partial charge in [0.1, 0.15) is 12.4 Å². The number of hydrogen-bond acceptors (Lipinski definition) is 4. The van der Waals surface area contributed by atoms with Gasteiger partial charge in [0.25, 0.3) is 5.91 Å². The van der Waals surface area contributed by atoms with E-state index >= 15 is 0 Å². The van der Waals surface area contributed by atoms with Crippen LogP contribution >= 0.6 is 0 Å². The molecule has 128 valence electrons. The number of methoxy groups -OCH3 is 1. The second-order valence-corrected chi connectivity index (χ2v) is 5.53. The van der Waals surface area contributed by atoms with Gasteiger partial charge in [-0.1, -0.05) is 29.8 Å². The first-order chi connectivity index (χ1) is 11.6. The number of carbonyl (C=O) groups is 1. The summed E-state index contributed by atoms with van der Waals surface area (Å²) in [5.74, 6) is 1.72. The van der Waals surface area contributed by atoms with Crippen molar-refractivity contribution in [3.8, 4) is 17.2 Å². The number of rotatable bonds is 8. The molecule has 1 atom stereocenters. The van der Waals surface area contributed by atoms with E-state index in [1.54, 1.807) is 19.2 Å². The highest BCUT2D eigenvalue weighted by molar-refractivity contribution is 5.77. The molecule has 24 heavy (non-hydrogen) atoms. The molecule has 5 nitrogen and oxygen atoms in total. The van der Waals surface area contributed by atoms with Crippen molar-refractivity contribution >= 4 is 5.91 Å². The molecule has 0 aromatic heterocycles. The number of amides is 1. The molecule has 0 aliphatic rings. The Morgan fingerprint density at radius 3 is 2.38 bits per heavy atom. The van der Waals surface area contributed by atoms with Gasteiger partial charge in [0.15, 0.2) is 18.1 Å². The van der Waals surface area contributed by atoms with E-state index < -0.39 is 0 Å². The fourth-order valence-electron chi connectivity index (χ4n) is 2.10. The second-order valence-electron chi connectivity index (χ2n) is 5.53. The van der Waals surface area contributed by atoms with Crippen LogP contribution in [-0.2, 0) is 4.79 Å². The molecule has 0 fully saturated rings. The van der Waals surface area contributed by atoms with E-state index in [0.717, 1.165) is 5.75 Å². The maximum Gasteiger partial charge on any atom is 0.258 e.